The Morgan fingerprint density at radius 3 is 3.04 bits per heavy atom. The highest BCUT2D eigenvalue weighted by atomic mass is 35.5. The Kier molecular flexibility index (Phi) is 5.46. The predicted octanol–water partition coefficient (Wildman–Crippen LogP) is 4.90. The molecular formula is C20H20ClFN4OS. The van der Waals surface area contributed by atoms with Crippen molar-refractivity contribution in [1.29, 1.82) is 0 Å². The van der Waals surface area contributed by atoms with Crippen molar-refractivity contribution < 1.29 is 9.18 Å². The largest absolute Gasteiger partial charge is 0.355 e. The fraction of sp³-hybridized carbons (Fsp3) is 0.350. The summed E-state index contributed by atoms with van der Waals surface area (Å²) in [6.07, 6.45) is 4.24. The molecule has 28 heavy (non-hydrogen) atoms. The van der Waals surface area contributed by atoms with Crippen LogP contribution in [0.1, 0.15) is 24.6 Å². The molecule has 0 spiro atoms. The molecule has 3 aromatic rings. The molecule has 0 aliphatic carbocycles. The van der Waals surface area contributed by atoms with E-state index in [2.05, 4.69) is 33.2 Å². The number of rotatable bonds is 4. The van der Waals surface area contributed by atoms with Gasteiger partial charge in [-0.2, -0.15) is 0 Å². The zero-order valence-corrected chi connectivity index (χ0v) is 17.0. The zero-order valence-electron chi connectivity index (χ0n) is 15.4. The highest BCUT2D eigenvalue weighted by molar-refractivity contribution is 7.18. The smallest absolute Gasteiger partial charge is 0.229 e. The Hall–Kier alpha value is -2.25. The minimum atomic E-state index is -0.429. The van der Waals surface area contributed by atoms with Gasteiger partial charge in [-0.15, -0.1) is 11.3 Å². The second-order valence-electron chi connectivity index (χ2n) is 6.88. The summed E-state index contributed by atoms with van der Waals surface area (Å²) in [6.45, 7) is 3.55. The van der Waals surface area contributed by atoms with Crippen molar-refractivity contribution in [2.24, 2.45) is 5.92 Å². The fourth-order valence-corrected chi connectivity index (χ4v) is 4.67. The van der Waals surface area contributed by atoms with Crippen molar-refractivity contribution in [2.75, 3.05) is 23.3 Å². The summed E-state index contributed by atoms with van der Waals surface area (Å²) in [6, 6.07) is 6.12. The van der Waals surface area contributed by atoms with Gasteiger partial charge in [0.25, 0.3) is 0 Å². The van der Waals surface area contributed by atoms with E-state index in [1.54, 1.807) is 17.7 Å². The van der Waals surface area contributed by atoms with E-state index in [1.807, 2.05) is 0 Å². The van der Waals surface area contributed by atoms with Crippen LogP contribution in [0.3, 0.4) is 0 Å². The Morgan fingerprint density at radius 1 is 1.39 bits per heavy atom. The van der Waals surface area contributed by atoms with Crippen LogP contribution >= 0.6 is 22.9 Å². The van der Waals surface area contributed by atoms with Gasteiger partial charge < -0.3 is 10.2 Å². The summed E-state index contributed by atoms with van der Waals surface area (Å²) in [5.74, 6) is 0.160. The molecule has 0 radical (unpaired) electrons. The van der Waals surface area contributed by atoms with Crippen LogP contribution in [0.2, 0.25) is 5.02 Å². The van der Waals surface area contributed by atoms with Crippen LogP contribution in [0.5, 0.6) is 0 Å². The summed E-state index contributed by atoms with van der Waals surface area (Å²) in [7, 11) is 0. The lowest BCUT2D eigenvalue weighted by Crippen LogP contribution is -2.41. The number of thiophene rings is 1. The summed E-state index contributed by atoms with van der Waals surface area (Å²) >= 11 is 7.72. The van der Waals surface area contributed by atoms with Crippen molar-refractivity contribution >= 4 is 50.6 Å². The molecule has 1 saturated heterocycles. The molecule has 1 aliphatic rings. The molecule has 0 unspecified atom stereocenters. The van der Waals surface area contributed by atoms with Gasteiger partial charge in [0.05, 0.1) is 22.0 Å². The van der Waals surface area contributed by atoms with E-state index in [9.17, 15) is 9.18 Å². The lowest BCUT2D eigenvalue weighted by atomic mass is 9.96. The molecule has 0 saturated carbocycles. The Morgan fingerprint density at radius 2 is 2.25 bits per heavy atom. The number of fused-ring (bicyclic) bond motifs is 1. The Bertz CT molecular complexity index is 1020. The minimum Gasteiger partial charge on any atom is -0.355 e. The van der Waals surface area contributed by atoms with Crippen molar-refractivity contribution in [1.82, 2.24) is 9.97 Å². The van der Waals surface area contributed by atoms with Gasteiger partial charge in [-0.1, -0.05) is 18.5 Å². The lowest BCUT2D eigenvalue weighted by molar-refractivity contribution is -0.120. The number of nitrogens with zero attached hydrogens (tertiary/aromatic N) is 3. The first kappa shape index (κ1) is 19.1. The minimum absolute atomic E-state index is 0.108. The van der Waals surface area contributed by atoms with E-state index in [-0.39, 0.29) is 16.8 Å². The summed E-state index contributed by atoms with van der Waals surface area (Å²) in [5, 5.41) is 4.08. The highest BCUT2D eigenvalue weighted by Crippen LogP contribution is 2.33. The van der Waals surface area contributed by atoms with Crippen LogP contribution in [-0.2, 0) is 11.2 Å². The first-order chi connectivity index (χ1) is 13.5. The zero-order chi connectivity index (χ0) is 19.7. The number of hydrogen-bond donors (Lipinski definition) is 1. The molecule has 1 fully saturated rings. The molecule has 5 nitrogen and oxygen atoms in total. The maximum Gasteiger partial charge on any atom is 0.229 e. The number of carbonyl (C=O) groups excluding carboxylic acids is 1. The molecule has 3 heterocycles. The first-order valence-electron chi connectivity index (χ1n) is 9.29. The van der Waals surface area contributed by atoms with Crippen molar-refractivity contribution in [3.63, 3.8) is 0 Å². The SMILES string of the molecule is CCc1cc2c(N3CCC[C@@H](C(=O)Nc4ccc(F)cc4Cl)C3)ncnc2s1. The van der Waals surface area contributed by atoms with Crippen LogP contribution in [-0.4, -0.2) is 29.0 Å². The van der Waals surface area contributed by atoms with Crippen molar-refractivity contribution in [2.45, 2.75) is 26.2 Å². The number of halogens is 2. The van der Waals surface area contributed by atoms with Gasteiger partial charge in [-0.3, -0.25) is 4.79 Å². The normalized spacial score (nSPS) is 17.1. The van der Waals surface area contributed by atoms with Crippen molar-refractivity contribution in [3.8, 4) is 0 Å². The number of anilines is 2. The molecule has 8 heteroatoms. The average molecular weight is 419 g/mol. The third-order valence-corrected chi connectivity index (χ3v) is 6.49. The van der Waals surface area contributed by atoms with Gasteiger partial charge in [0, 0.05) is 18.0 Å². The number of amides is 1. The third kappa shape index (κ3) is 3.82. The molecule has 1 N–H and O–H groups in total. The van der Waals surface area contributed by atoms with Crippen LogP contribution < -0.4 is 10.2 Å². The van der Waals surface area contributed by atoms with Gasteiger partial charge >= 0.3 is 0 Å². The van der Waals surface area contributed by atoms with E-state index in [4.69, 9.17) is 11.6 Å². The molecule has 1 atom stereocenters. The van der Waals surface area contributed by atoms with Crippen LogP contribution in [0.4, 0.5) is 15.9 Å². The number of hydrogen-bond acceptors (Lipinski definition) is 5. The van der Waals surface area contributed by atoms with Gasteiger partial charge in [0.1, 0.15) is 22.8 Å². The maximum absolute atomic E-state index is 13.2. The Balaban J connectivity index is 1.53. The van der Waals surface area contributed by atoms with Gasteiger partial charge in [0.2, 0.25) is 5.91 Å². The molecule has 146 valence electrons. The van der Waals surface area contributed by atoms with Gasteiger partial charge in [-0.05, 0) is 43.5 Å². The standard InChI is InChI=1S/C20H20ClFN4OS/c1-2-14-9-15-18(23-11-24-20(15)28-14)26-7-3-4-12(10-26)19(27)25-17-6-5-13(22)8-16(17)21/h5-6,8-9,11-12H,2-4,7,10H2,1H3,(H,25,27)/t12-/m1/s1. The molecule has 1 amide bonds. The lowest BCUT2D eigenvalue weighted by Gasteiger charge is -2.33. The number of piperidine rings is 1. The maximum atomic E-state index is 13.2. The van der Waals surface area contributed by atoms with E-state index >= 15 is 0 Å². The fourth-order valence-electron chi connectivity index (χ4n) is 3.53. The second kappa shape index (κ2) is 8.01. The van der Waals surface area contributed by atoms with E-state index in [1.165, 1.54) is 23.1 Å². The van der Waals surface area contributed by atoms with Crippen LogP contribution in [0.25, 0.3) is 10.2 Å². The summed E-state index contributed by atoms with van der Waals surface area (Å²) < 4.78 is 13.2. The topological polar surface area (TPSA) is 58.1 Å². The predicted molar refractivity (Wildman–Crippen MR) is 112 cm³/mol. The number of aromatic nitrogens is 2. The molecule has 4 rings (SSSR count). The number of carbonyl (C=O) groups is 1. The monoisotopic (exact) mass is 418 g/mol. The number of nitrogens with one attached hydrogen (secondary N) is 1. The van der Waals surface area contributed by atoms with Crippen LogP contribution in [0, 0.1) is 11.7 Å². The van der Waals surface area contributed by atoms with Gasteiger partial charge in [0.15, 0.2) is 0 Å². The molecular weight excluding hydrogens is 399 g/mol. The van der Waals surface area contributed by atoms with E-state index in [0.29, 0.717) is 12.2 Å². The average Bonchev–Trinajstić information content (AvgIpc) is 3.13. The van der Waals surface area contributed by atoms with Gasteiger partial charge in [-0.25, -0.2) is 14.4 Å². The van der Waals surface area contributed by atoms with E-state index < -0.39 is 5.82 Å². The molecule has 0 bridgehead atoms. The quantitative estimate of drug-likeness (QED) is 0.654. The van der Waals surface area contributed by atoms with Crippen molar-refractivity contribution in [3.05, 3.63) is 46.3 Å². The third-order valence-electron chi connectivity index (χ3n) is 4.99. The Labute approximate surface area is 171 Å². The highest BCUT2D eigenvalue weighted by Gasteiger charge is 2.28. The van der Waals surface area contributed by atoms with Crippen LogP contribution in [0.15, 0.2) is 30.6 Å². The second-order valence-corrected chi connectivity index (χ2v) is 8.40. The molecule has 1 aliphatic heterocycles. The summed E-state index contributed by atoms with van der Waals surface area (Å²) in [4.78, 5) is 26.1. The van der Waals surface area contributed by atoms with E-state index in [0.717, 1.165) is 41.8 Å². The number of aryl methyl sites for hydroxylation is 1. The summed E-state index contributed by atoms with van der Waals surface area (Å²) in [5.41, 5.74) is 0.431. The molecule has 1 aromatic carbocycles. The first-order valence-corrected chi connectivity index (χ1v) is 10.5. The molecule has 2 aromatic heterocycles. The number of benzene rings is 1.